The number of aromatic amines is 1. The molecule has 0 aliphatic heterocycles. The van der Waals surface area contributed by atoms with Crippen LogP contribution < -0.4 is 10.2 Å². The molecule has 0 aliphatic carbocycles. The largest absolute Gasteiger partial charge is 0.574 e. The minimum absolute atomic E-state index is 0.0535. The molecule has 0 saturated heterocycles. The summed E-state index contributed by atoms with van der Waals surface area (Å²) in [4.78, 5) is 23.1. The fraction of sp³-hybridized carbons (Fsp3) is 0.250. The number of ether oxygens (including phenoxy) is 1. The van der Waals surface area contributed by atoms with Gasteiger partial charge in [0, 0.05) is 6.20 Å². The van der Waals surface area contributed by atoms with Crippen LogP contribution in [0.1, 0.15) is 22.3 Å². The van der Waals surface area contributed by atoms with Crippen LogP contribution in [0.15, 0.2) is 11.0 Å². The molecular formula is C8H4F5NO3. The molecule has 0 atom stereocenters. The molecule has 0 saturated carbocycles. The van der Waals surface area contributed by atoms with Crippen LogP contribution in [0.2, 0.25) is 0 Å². The first kappa shape index (κ1) is 13.1. The molecule has 0 fully saturated rings. The number of carbonyl (C=O) groups excluding carboxylic acids is 1. The molecule has 0 amide bonds. The SMILES string of the molecule is O=Cc1c[nH]c(OC(F)(F)F)c(C(F)F)c1=O. The number of H-pyrrole nitrogens is 1. The Labute approximate surface area is 90.0 Å². The van der Waals surface area contributed by atoms with E-state index in [2.05, 4.69) is 4.74 Å². The van der Waals surface area contributed by atoms with Crippen molar-refractivity contribution in [3.8, 4) is 5.88 Å². The molecule has 0 aliphatic rings. The van der Waals surface area contributed by atoms with Gasteiger partial charge >= 0.3 is 6.36 Å². The average molecular weight is 257 g/mol. The molecule has 1 N–H and O–H groups in total. The van der Waals surface area contributed by atoms with Gasteiger partial charge in [0.05, 0.1) is 5.56 Å². The molecule has 0 radical (unpaired) electrons. The fourth-order valence-electron chi connectivity index (χ4n) is 1.03. The predicted octanol–water partition coefficient (Wildman–Crippen LogP) is 2.02. The summed E-state index contributed by atoms with van der Waals surface area (Å²) >= 11 is 0. The van der Waals surface area contributed by atoms with Gasteiger partial charge in [-0.2, -0.15) is 0 Å². The Morgan fingerprint density at radius 1 is 1.35 bits per heavy atom. The summed E-state index contributed by atoms with van der Waals surface area (Å²) in [6, 6.07) is 0. The zero-order valence-corrected chi connectivity index (χ0v) is 7.85. The third-order valence-corrected chi connectivity index (χ3v) is 1.67. The van der Waals surface area contributed by atoms with Crippen molar-refractivity contribution in [2.24, 2.45) is 0 Å². The van der Waals surface area contributed by atoms with E-state index in [1.807, 2.05) is 0 Å². The van der Waals surface area contributed by atoms with Gasteiger partial charge < -0.3 is 9.72 Å². The van der Waals surface area contributed by atoms with Gasteiger partial charge in [0.2, 0.25) is 11.3 Å². The van der Waals surface area contributed by atoms with Gasteiger partial charge in [-0.1, -0.05) is 0 Å². The van der Waals surface area contributed by atoms with Gasteiger partial charge in [-0.25, -0.2) is 8.78 Å². The lowest BCUT2D eigenvalue weighted by atomic mass is 10.2. The van der Waals surface area contributed by atoms with E-state index in [0.717, 1.165) is 0 Å². The van der Waals surface area contributed by atoms with E-state index in [0.29, 0.717) is 6.20 Å². The summed E-state index contributed by atoms with van der Waals surface area (Å²) in [5.74, 6) is -1.43. The maximum absolute atomic E-state index is 12.4. The lowest BCUT2D eigenvalue weighted by Crippen LogP contribution is -2.23. The number of rotatable bonds is 3. The molecule has 1 aromatic rings. The highest BCUT2D eigenvalue weighted by molar-refractivity contribution is 5.74. The summed E-state index contributed by atoms with van der Waals surface area (Å²) < 4.78 is 63.5. The first-order chi connectivity index (χ1) is 7.76. The van der Waals surface area contributed by atoms with Crippen molar-refractivity contribution in [3.63, 3.8) is 0 Å². The van der Waals surface area contributed by atoms with Crippen LogP contribution in [-0.4, -0.2) is 17.6 Å². The normalized spacial score (nSPS) is 11.6. The molecule has 0 spiro atoms. The van der Waals surface area contributed by atoms with Gasteiger partial charge in [0.25, 0.3) is 6.43 Å². The number of hydrogen-bond donors (Lipinski definition) is 1. The molecule has 17 heavy (non-hydrogen) atoms. The van der Waals surface area contributed by atoms with Crippen LogP contribution in [0.5, 0.6) is 5.88 Å². The molecule has 1 heterocycles. The third kappa shape index (κ3) is 3.02. The highest BCUT2D eigenvalue weighted by atomic mass is 19.4. The fourth-order valence-corrected chi connectivity index (χ4v) is 1.03. The van der Waals surface area contributed by atoms with E-state index in [1.54, 1.807) is 4.98 Å². The standard InChI is InChI=1S/C8H4F5NO3/c9-6(10)4-5(16)3(2-15)1-14-7(4)17-8(11,12)13/h1-2,6H,(H,14,16). The van der Waals surface area contributed by atoms with Crippen molar-refractivity contribution >= 4 is 6.29 Å². The second-order valence-corrected chi connectivity index (χ2v) is 2.78. The Kier molecular flexibility index (Phi) is 3.49. The van der Waals surface area contributed by atoms with Gasteiger partial charge in [-0.15, -0.1) is 13.2 Å². The van der Waals surface area contributed by atoms with Gasteiger partial charge in [-0.3, -0.25) is 9.59 Å². The van der Waals surface area contributed by atoms with Crippen LogP contribution in [0.4, 0.5) is 22.0 Å². The maximum Gasteiger partial charge on any atom is 0.574 e. The van der Waals surface area contributed by atoms with Gasteiger partial charge in [-0.05, 0) is 0 Å². The summed E-state index contributed by atoms with van der Waals surface area (Å²) in [7, 11) is 0. The Hall–Kier alpha value is -1.93. The predicted molar refractivity (Wildman–Crippen MR) is 44.1 cm³/mol. The first-order valence-corrected chi connectivity index (χ1v) is 4.01. The van der Waals surface area contributed by atoms with E-state index >= 15 is 0 Å². The zero-order valence-electron chi connectivity index (χ0n) is 7.85. The van der Waals surface area contributed by atoms with E-state index in [4.69, 9.17) is 0 Å². The van der Waals surface area contributed by atoms with Crippen molar-refractivity contribution in [3.05, 3.63) is 27.5 Å². The Bertz CT molecular complexity index is 479. The topological polar surface area (TPSA) is 59.2 Å². The molecule has 0 bridgehead atoms. The second-order valence-electron chi connectivity index (χ2n) is 2.78. The van der Waals surface area contributed by atoms with E-state index < -0.39 is 35.2 Å². The summed E-state index contributed by atoms with van der Waals surface area (Å²) in [5.41, 5.74) is -3.75. The number of nitrogens with one attached hydrogen (secondary N) is 1. The van der Waals surface area contributed by atoms with E-state index in [1.165, 1.54) is 0 Å². The lowest BCUT2D eigenvalue weighted by Gasteiger charge is -2.12. The van der Waals surface area contributed by atoms with Crippen LogP contribution in [0.25, 0.3) is 0 Å². The molecule has 1 rings (SSSR count). The van der Waals surface area contributed by atoms with Crippen LogP contribution in [0.3, 0.4) is 0 Å². The molecule has 0 aromatic carbocycles. The molecule has 0 unspecified atom stereocenters. The molecular weight excluding hydrogens is 253 g/mol. The monoisotopic (exact) mass is 257 g/mol. The molecule has 1 aromatic heterocycles. The quantitative estimate of drug-likeness (QED) is 0.665. The second kappa shape index (κ2) is 4.52. The highest BCUT2D eigenvalue weighted by Gasteiger charge is 2.35. The van der Waals surface area contributed by atoms with Gasteiger partial charge in [0.15, 0.2) is 6.29 Å². The van der Waals surface area contributed by atoms with Crippen molar-refractivity contribution in [1.29, 1.82) is 0 Å². The summed E-state index contributed by atoms with van der Waals surface area (Å²) in [6.45, 7) is 0. The molecule has 94 valence electrons. The van der Waals surface area contributed by atoms with Crippen LogP contribution in [-0.2, 0) is 0 Å². The Balaban J connectivity index is 3.37. The summed E-state index contributed by atoms with van der Waals surface area (Å²) in [6.07, 6.45) is -8.23. The number of pyridine rings is 1. The van der Waals surface area contributed by atoms with E-state index in [-0.39, 0.29) is 6.29 Å². The lowest BCUT2D eigenvalue weighted by molar-refractivity contribution is -0.276. The number of hydrogen-bond acceptors (Lipinski definition) is 3. The van der Waals surface area contributed by atoms with Crippen LogP contribution in [0, 0.1) is 0 Å². The Morgan fingerprint density at radius 3 is 2.35 bits per heavy atom. The third-order valence-electron chi connectivity index (χ3n) is 1.67. The number of aldehydes is 1. The maximum atomic E-state index is 12.4. The van der Waals surface area contributed by atoms with Crippen molar-refractivity contribution in [1.82, 2.24) is 4.98 Å². The zero-order chi connectivity index (χ0) is 13.2. The smallest absolute Gasteiger partial charge is 0.389 e. The number of alkyl halides is 5. The molecule has 4 nitrogen and oxygen atoms in total. The molecule has 9 heteroatoms. The average Bonchev–Trinajstić information content (AvgIpc) is 2.14. The minimum Gasteiger partial charge on any atom is -0.389 e. The van der Waals surface area contributed by atoms with Crippen molar-refractivity contribution in [2.45, 2.75) is 12.8 Å². The Morgan fingerprint density at radius 2 is 1.94 bits per heavy atom. The van der Waals surface area contributed by atoms with Gasteiger partial charge in [0.1, 0.15) is 5.56 Å². The number of carbonyl (C=O) groups is 1. The van der Waals surface area contributed by atoms with Crippen molar-refractivity contribution in [2.75, 3.05) is 0 Å². The highest BCUT2D eigenvalue weighted by Crippen LogP contribution is 2.28. The summed E-state index contributed by atoms with van der Waals surface area (Å²) in [5, 5.41) is 0. The minimum atomic E-state index is -5.23. The van der Waals surface area contributed by atoms with Crippen LogP contribution >= 0.6 is 0 Å². The first-order valence-electron chi connectivity index (χ1n) is 4.01. The van der Waals surface area contributed by atoms with E-state index in [9.17, 15) is 31.5 Å². The van der Waals surface area contributed by atoms with Crippen molar-refractivity contribution < 1.29 is 31.5 Å². The number of halogens is 5. The number of aromatic nitrogens is 1.